The number of methoxy groups -OCH3 is 2. The Morgan fingerprint density at radius 1 is 0.868 bits per heavy atom. The Labute approximate surface area is 227 Å². The molecule has 0 aliphatic carbocycles. The lowest BCUT2D eigenvalue weighted by atomic mass is 10.0. The van der Waals surface area contributed by atoms with Gasteiger partial charge in [0.05, 0.1) is 14.2 Å². The molecule has 3 rings (SSSR count). The molecule has 0 aliphatic rings. The Bertz CT molecular complexity index is 1180. The van der Waals surface area contributed by atoms with Crippen molar-refractivity contribution in [3.63, 3.8) is 0 Å². The number of hydrogen-bond acceptors (Lipinski definition) is 4. The van der Waals surface area contributed by atoms with Crippen LogP contribution in [0.3, 0.4) is 0 Å². The predicted molar refractivity (Wildman–Crippen MR) is 151 cm³/mol. The average molecular weight is 517 g/mol. The van der Waals surface area contributed by atoms with Crippen molar-refractivity contribution in [2.24, 2.45) is 0 Å². The molecule has 2 amide bonds. The third kappa shape index (κ3) is 8.10. The van der Waals surface area contributed by atoms with E-state index in [2.05, 4.69) is 5.32 Å². The summed E-state index contributed by atoms with van der Waals surface area (Å²) in [4.78, 5) is 29.2. The van der Waals surface area contributed by atoms with Crippen LogP contribution in [0, 0.1) is 6.92 Å². The van der Waals surface area contributed by atoms with Crippen LogP contribution < -0.4 is 14.8 Å². The topological polar surface area (TPSA) is 67.9 Å². The molecule has 0 spiro atoms. The molecule has 2 atom stereocenters. The third-order valence-corrected chi connectivity index (χ3v) is 6.82. The van der Waals surface area contributed by atoms with Crippen molar-refractivity contribution in [1.29, 1.82) is 0 Å². The fourth-order valence-corrected chi connectivity index (χ4v) is 4.32. The number of rotatable bonds is 13. The van der Waals surface area contributed by atoms with Gasteiger partial charge in [-0.25, -0.2) is 0 Å². The zero-order valence-corrected chi connectivity index (χ0v) is 23.2. The quantitative estimate of drug-likeness (QED) is 0.326. The van der Waals surface area contributed by atoms with E-state index in [4.69, 9.17) is 9.47 Å². The molecule has 0 saturated heterocycles. The lowest BCUT2D eigenvalue weighted by Crippen LogP contribution is -2.52. The predicted octanol–water partition coefficient (Wildman–Crippen LogP) is 5.50. The highest BCUT2D eigenvalue weighted by atomic mass is 16.5. The highest BCUT2D eigenvalue weighted by Gasteiger charge is 2.30. The summed E-state index contributed by atoms with van der Waals surface area (Å²) in [5.41, 5.74) is 4.12. The van der Waals surface area contributed by atoms with Gasteiger partial charge >= 0.3 is 0 Å². The van der Waals surface area contributed by atoms with E-state index in [-0.39, 0.29) is 24.3 Å². The van der Waals surface area contributed by atoms with Crippen LogP contribution >= 0.6 is 0 Å². The number of amides is 2. The molecule has 0 radical (unpaired) electrons. The van der Waals surface area contributed by atoms with Crippen LogP contribution in [0.4, 0.5) is 0 Å². The van der Waals surface area contributed by atoms with Crippen molar-refractivity contribution in [3.05, 3.63) is 95.1 Å². The molecule has 0 unspecified atom stereocenters. The third-order valence-electron chi connectivity index (χ3n) is 6.82. The lowest BCUT2D eigenvalue weighted by molar-refractivity contribution is -0.141. The maximum Gasteiger partial charge on any atom is 0.243 e. The van der Waals surface area contributed by atoms with Gasteiger partial charge in [-0.15, -0.1) is 0 Å². The van der Waals surface area contributed by atoms with Gasteiger partial charge in [-0.1, -0.05) is 73.2 Å². The van der Waals surface area contributed by atoms with Gasteiger partial charge in [-0.2, -0.15) is 0 Å². The summed E-state index contributed by atoms with van der Waals surface area (Å²) < 4.78 is 10.8. The van der Waals surface area contributed by atoms with Gasteiger partial charge in [0, 0.05) is 25.4 Å². The summed E-state index contributed by atoms with van der Waals surface area (Å²) in [6.45, 7) is 6.42. The minimum atomic E-state index is -0.634. The molecule has 0 heterocycles. The number of aryl methyl sites for hydroxylation is 2. The highest BCUT2D eigenvalue weighted by Crippen LogP contribution is 2.28. The van der Waals surface area contributed by atoms with Crippen molar-refractivity contribution >= 4 is 11.8 Å². The molecule has 38 heavy (non-hydrogen) atoms. The molecule has 0 aromatic heterocycles. The normalized spacial score (nSPS) is 12.3. The first-order valence-electron chi connectivity index (χ1n) is 13.2. The van der Waals surface area contributed by atoms with Gasteiger partial charge < -0.3 is 19.7 Å². The molecule has 6 nitrogen and oxygen atoms in total. The summed E-state index contributed by atoms with van der Waals surface area (Å²) in [6, 6.07) is 23.1. The van der Waals surface area contributed by atoms with E-state index >= 15 is 0 Å². The first kappa shape index (κ1) is 28.8. The zero-order chi connectivity index (χ0) is 27.5. The highest BCUT2D eigenvalue weighted by molar-refractivity contribution is 5.88. The summed E-state index contributed by atoms with van der Waals surface area (Å²) in [5.74, 6) is 1.08. The van der Waals surface area contributed by atoms with Crippen LogP contribution in [0.1, 0.15) is 48.9 Å². The van der Waals surface area contributed by atoms with Gasteiger partial charge in [0.1, 0.15) is 6.04 Å². The second-order valence-corrected chi connectivity index (χ2v) is 9.72. The molecule has 0 aliphatic heterocycles. The molecule has 0 fully saturated rings. The van der Waals surface area contributed by atoms with Crippen molar-refractivity contribution in [3.8, 4) is 11.5 Å². The van der Waals surface area contributed by atoms with Crippen molar-refractivity contribution in [1.82, 2.24) is 10.2 Å². The average Bonchev–Trinajstić information content (AvgIpc) is 2.94. The molecule has 3 aromatic carbocycles. The minimum absolute atomic E-state index is 0.0175. The number of carbonyl (C=O) groups excluding carboxylic acids is 2. The molecule has 0 saturated carbocycles. The van der Waals surface area contributed by atoms with E-state index in [0.717, 1.165) is 28.7 Å². The molecular formula is C32H40N2O4. The van der Waals surface area contributed by atoms with Gasteiger partial charge in [-0.3, -0.25) is 9.59 Å². The Balaban J connectivity index is 1.90. The molecular weight excluding hydrogens is 476 g/mol. The summed E-state index contributed by atoms with van der Waals surface area (Å²) in [7, 11) is 3.20. The summed E-state index contributed by atoms with van der Waals surface area (Å²) in [5, 5.41) is 3.12. The minimum Gasteiger partial charge on any atom is -0.493 e. The summed E-state index contributed by atoms with van der Waals surface area (Å²) in [6.07, 6.45) is 2.05. The number of carbonyl (C=O) groups is 2. The maximum absolute atomic E-state index is 13.8. The van der Waals surface area contributed by atoms with Crippen molar-refractivity contribution < 1.29 is 19.1 Å². The second kappa shape index (κ2) is 14.2. The van der Waals surface area contributed by atoms with Crippen LogP contribution in [0.25, 0.3) is 0 Å². The van der Waals surface area contributed by atoms with Crippen LogP contribution in [0.5, 0.6) is 11.5 Å². The zero-order valence-electron chi connectivity index (χ0n) is 23.2. The Morgan fingerprint density at radius 2 is 1.53 bits per heavy atom. The van der Waals surface area contributed by atoms with E-state index in [1.54, 1.807) is 19.1 Å². The molecule has 202 valence electrons. The van der Waals surface area contributed by atoms with E-state index in [9.17, 15) is 9.59 Å². The first-order valence-corrected chi connectivity index (χ1v) is 13.2. The van der Waals surface area contributed by atoms with Gasteiger partial charge in [-0.05, 0) is 55.5 Å². The number of ether oxygens (including phenoxy) is 2. The van der Waals surface area contributed by atoms with Crippen LogP contribution in [-0.4, -0.2) is 43.0 Å². The molecule has 0 bridgehead atoms. The number of hydrogen-bond donors (Lipinski definition) is 1. The molecule has 3 aromatic rings. The molecule has 6 heteroatoms. The van der Waals surface area contributed by atoms with Crippen LogP contribution in [0.2, 0.25) is 0 Å². The second-order valence-electron chi connectivity index (χ2n) is 9.72. The van der Waals surface area contributed by atoms with Crippen LogP contribution in [-0.2, 0) is 29.0 Å². The molecule has 1 N–H and O–H groups in total. The SMILES string of the molecule is CC[C@@H](C)NC(=O)[C@@H](Cc1ccccc1)N(Cc1ccc(C)cc1)C(=O)CCc1ccc(OC)c(OC)c1. The Kier molecular flexibility index (Phi) is 10.8. The lowest BCUT2D eigenvalue weighted by Gasteiger charge is -2.32. The van der Waals surface area contributed by atoms with E-state index in [0.29, 0.717) is 30.9 Å². The van der Waals surface area contributed by atoms with E-state index in [1.807, 2.05) is 93.6 Å². The number of benzene rings is 3. The fraction of sp³-hybridized carbons (Fsp3) is 0.375. The van der Waals surface area contributed by atoms with Gasteiger partial charge in [0.15, 0.2) is 11.5 Å². The van der Waals surface area contributed by atoms with Gasteiger partial charge in [0.2, 0.25) is 11.8 Å². The Morgan fingerprint density at radius 3 is 2.16 bits per heavy atom. The summed E-state index contributed by atoms with van der Waals surface area (Å²) >= 11 is 0. The van der Waals surface area contributed by atoms with Gasteiger partial charge in [0.25, 0.3) is 0 Å². The maximum atomic E-state index is 13.8. The monoisotopic (exact) mass is 516 g/mol. The Hall–Kier alpha value is -3.80. The van der Waals surface area contributed by atoms with E-state index in [1.165, 1.54) is 0 Å². The van der Waals surface area contributed by atoms with Crippen LogP contribution in [0.15, 0.2) is 72.8 Å². The number of nitrogens with zero attached hydrogens (tertiary/aromatic N) is 1. The van der Waals surface area contributed by atoms with E-state index < -0.39 is 6.04 Å². The first-order chi connectivity index (χ1) is 18.3. The number of nitrogens with one attached hydrogen (secondary N) is 1. The van der Waals surface area contributed by atoms with Crippen molar-refractivity contribution in [2.75, 3.05) is 14.2 Å². The van der Waals surface area contributed by atoms with Crippen molar-refractivity contribution in [2.45, 2.75) is 65.1 Å². The smallest absolute Gasteiger partial charge is 0.243 e. The fourth-order valence-electron chi connectivity index (χ4n) is 4.32. The standard InChI is InChI=1S/C32H40N2O4/c1-6-24(3)33-32(36)28(20-25-10-8-7-9-11-25)34(22-27-14-12-23(2)13-15-27)31(35)19-17-26-16-18-29(37-4)30(21-26)38-5/h7-16,18,21,24,28H,6,17,19-20,22H2,1-5H3,(H,33,36)/t24-,28-/m1/s1. The largest absolute Gasteiger partial charge is 0.493 e.